The van der Waals surface area contributed by atoms with Crippen LogP contribution in [-0.2, 0) is 35.4 Å². The van der Waals surface area contributed by atoms with Crippen molar-refractivity contribution in [2.45, 2.75) is 65.2 Å². The first-order valence-corrected chi connectivity index (χ1v) is 17.0. The van der Waals surface area contributed by atoms with E-state index >= 15 is 0 Å². The van der Waals surface area contributed by atoms with Crippen molar-refractivity contribution in [3.8, 4) is 28.0 Å². The average molecular weight is 745 g/mol. The summed E-state index contributed by atoms with van der Waals surface area (Å²) >= 11 is 0. The third kappa shape index (κ3) is 7.00. The molecule has 0 unspecified atom stereocenters. The molecule has 2 fully saturated rings. The predicted octanol–water partition coefficient (Wildman–Crippen LogP) is 8.89. The van der Waals surface area contributed by atoms with E-state index < -0.39 is 53.3 Å². The maximum absolute atomic E-state index is 13.7. The van der Waals surface area contributed by atoms with Crippen molar-refractivity contribution < 1.29 is 50.1 Å². The van der Waals surface area contributed by atoms with Gasteiger partial charge in [-0.05, 0) is 93.3 Å². The second kappa shape index (κ2) is 14.0. The Morgan fingerprint density at radius 2 is 1.62 bits per heavy atom. The minimum atomic E-state index is -5.07. The molecule has 6 rings (SSSR count). The molecule has 2 aliphatic heterocycles. The van der Waals surface area contributed by atoms with E-state index in [0.717, 1.165) is 36.3 Å². The zero-order valence-electron chi connectivity index (χ0n) is 29.9. The van der Waals surface area contributed by atoms with E-state index in [1.165, 1.54) is 18.9 Å². The SMILES string of the molecule is CCOC(=O)c1c(C)c(-c2ccc(OC)c(-c3ccc(N4CCC4)nc3CN3C(=O)O[C@H](c4cc(C(F)(F)F)cc(C(F)(F)F)c4)[C@@H]3C)c2)c(C)n1C. The van der Waals surface area contributed by atoms with Crippen molar-refractivity contribution in [2.24, 2.45) is 7.05 Å². The normalized spacial score (nSPS) is 17.5. The molecule has 0 bridgehead atoms. The molecule has 0 spiro atoms. The molecule has 4 heterocycles. The number of benzene rings is 2. The molecule has 2 aliphatic rings. The summed E-state index contributed by atoms with van der Waals surface area (Å²) in [5.74, 6) is 0.667. The van der Waals surface area contributed by atoms with Gasteiger partial charge in [0.15, 0.2) is 0 Å². The highest BCUT2D eigenvalue weighted by atomic mass is 19.4. The lowest BCUT2D eigenvalue weighted by Gasteiger charge is -2.33. The van der Waals surface area contributed by atoms with Crippen LogP contribution in [0.2, 0.25) is 0 Å². The molecule has 282 valence electrons. The molecule has 0 N–H and O–H groups in total. The molecule has 0 radical (unpaired) electrons. The molecule has 1 amide bonds. The number of pyridine rings is 1. The Bertz CT molecular complexity index is 2040. The summed E-state index contributed by atoms with van der Waals surface area (Å²) in [5, 5.41) is 0. The highest BCUT2D eigenvalue weighted by molar-refractivity contribution is 5.94. The number of alkyl halides is 6. The van der Waals surface area contributed by atoms with Crippen molar-refractivity contribution in [3.05, 3.63) is 87.9 Å². The molecular weight excluding hydrogens is 706 g/mol. The van der Waals surface area contributed by atoms with Gasteiger partial charge in [-0.2, -0.15) is 26.3 Å². The Balaban J connectivity index is 1.43. The third-order valence-corrected chi connectivity index (χ3v) is 9.97. The van der Waals surface area contributed by atoms with Gasteiger partial charge in [-0.25, -0.2) is 14.6 Å². The largest absolute Gasteiger partial charge is 0.496 e. The summed E-state index contributed by atoms with van der Waals surface area (Å²) in [5.41, 5.74) is 1.68. The van der Waals surface area contributed by atoms with Crippen LogP contribution < -0.4 is 9.64 Å². The lowest BCUT2D eigenvalue weighted by Crippen LogP contribution is -2.38. The monoisotopic (exact) mass is 744 g/mol. The average Bonchev–Trinajstić information content (AvgIpc) is 3.48. The molecule has 9 nitrogen and oxygen atoms in total. The highest BCUT2D eigenvalue weighted by Crippen LogP contribution is 2.43. The second-order valence-corrected chi connectivity index (χ2v) is 13.1. The number of hydrogen-bond donors (Lipinski definition) is 0. The highest BCUT2D eigenvalue weighted by Gasteiger charge is 2.44. The summed E-state index contributed by atoms with van der Waals surface area (Å²) in [6.45, 7) is 8.54. The molecule has 2 aromatic carbocycles. The minimum absolute atomic E-state index is 0.0395. The molecule has 0 saturated carbocycles. The Labute approximate surface area is 302 Å². The number of carbonyl (C=O) groups is 2. The second-order valence-electron chi connectivity index (χ2n) is 13.1. The fraction of sp³-hybridized carbons (Fsp3) is 0.395. The van der Waals surface area contributed by atoms with Gasteiger partial charge in [0.2, 0.25) is 0 Å². The molecule has 2 aromatic heterocycles. The number of rotatable bonds is 9. The van der Waals surface area contributed by atoms with Crippen LogP contribution >= 0.6 is 0 Å². The van der Waals surface area contributed by atoms with E-state index in [0.29, 0.717) is 51.8 Å². The Morgan fingerprint density at radius 3 is 2.19 bits per heavy atom. The zero-order chi connectivity index (χ0) is 38.6. The smallest absolute Gasteiger partial charge is 0.416 e. The van der Waals surface area contributed by atoms with Gasteiger partial charge in [-0.15, -0.1) is 0 Å². The molecule has 53 heavy (non-hydrogen) atoms. The fourth-order valence-corrected chi connectivity index (χ4v) is 7.01. The maximum atomic E-state index is 13.7. The van der Waals surface area contributed by atoms with Gasteiger partial charge in [0.1, 0.15) is 23.4 Å². The topological polar surface area (TPSA) is 86.1 Å². The first kappa shape index (κ1) is 37.5. The van der Waals surface area contributed by atoms with Gasteiger partial charge in [0, 0.05) is 42.5 Å². The van der Waals surface area contributed by atoms with Crippen molar-refractivity contribution >= 4 is 17.9 Å². The van der Waals surface area contributed by atoms with E-state index in [1.807, 2.05) is 43.0 Å². The number of ether oxygens (including phenoxy) is 3. The number of nitrogens with zero attached hydrogens (tertiary/aromatic N) is 4. The minimum Gasteiger partial charge on any atom is -0.496 e. The number of cyclic esters (lactones) is 1. The van der Waals surface area contributed by atoms with Gasteiger partial charge in [-0.3, -0.25) is 4.90 Å². The summed E-state index contributed by atoms with van der Waals surface area (Å²) in [6, 6.07) is 9.46. The Kier molecular flexibility index (Phi) is 9.90. The van der Waals surface area contributed by atoms with Gasteiger partial charge in [0.25, 0.3) is 0 Å². The van der Waals surface area contributed by atoms with Crippen LogP contribution in [0, 0.1) is 13.8 Å². The number of methoxy groups -OCH3 is 1. The number of amides is 1. The fourth-order valence-electron chi connectivity index (χ4n) is 7.01. The number of hydrogen-bond acceptors (Lipinski definition) is 7. The van der Waals surface area contributed by atoms with E-state index in [9.17, 15) is 35.9 Å². The lowest BCUT2D eigenvalue weighted by atomic mass is 9.94. The third-order valence-electron chi connectivity index (χ3n) is 9.97. The molecular formula is C38H38F6N4O5. The quantitative estimate of drug-likeness (QED) is 0.125. The van der Waals surface area contributed by atoms with Crippen molar-refractivity contribution in [3.63, 3.8) is 0 Å². The number of carbonyl (C=O) groups excluding carboxylic acids is 2. The lowest BCUT2D eigenvalue weighted by molar-refractivity contribution is -0.143. The maximum Gasteiger partial charge on any atom is 0.416 e. The van der Waals surface area contributed by atoms with Gasteiger partial charge >= 0.3 is 24.4 Å². The van der Waals surface area contributed by atoms with Crippen LogP contribution in [0.25, 0.3) is 22.3 Å². The summed E-state index contributed by atoms with van der Waals surface area (Å²) in [4.78, 5) is 34.5. The van der Waals surface area contributed by atoms with Gasteiger partial charge in [-0.1, -0.05) is 6.07 Å². The molecule has 2 saturated heterocycles. The van der Waals surface area contributed by atoms with Crippen LogP contribution in [0.3, 0.4) is 0 Å². The van der Waals surface area contributed by atoms with E-state index in [2.05, 4.69) is 0 Å². The van der Waals surface area contributed by atoms with Crippen LogP contribution in [0.5, 0.6) is 5.75 Å². The van der Waals surface area contributed by atoms with Gasteiger partial charge < -0.3 is 23.7 Å². The summed E-state index contributed by atoms with van der Waals surface area (Å²) in [7, 11) is 3.29. The number of halogens is 6. The molecule has 2 atom stereocenters. The first-order chi connectivity index (χ1) is 24.9. The number of anilines is 1. The zero-order valence-corrected chi connectivity index (χ0v) is 29.9. The molecule has 0 aliphatic carbocycles. The van der Waals surface area contributed by atoms with E-state index in [1.54, 1.807) is 24.6 Å². The van der Waals surface area contributed by atoms with Crippen LogP contribution in [0.15, 0.2) is 48.5 Å². The van der Waals surface area contributed by atoms with E-state index in [-0.39, 0.29) is 19.2 Å². The predicted molar refractivity (Wildman–Crippen MR) is 184 cm³/mol. The van der Waals surface area contributed by atoms with Crippen LogP contribution in [-0.4, -0.2) is 59.4 Å². The number of aromatic nitrogens is 2. The van der Waals surface area contributed by atoms with Crippen LogP contribution in [0.1, 0.15) is 70.5 Å². The summed E-state index contributed by atoms with van der Waals surface area (Å²) in [6.07, 6.45) is -11.5. The van der Waals surface area contributed by atoms with Crippen molar-refractivity contribution in [2.75, 3.05) is 31.7 Å². The Morgan fingerprint density at radius 1 is 0.962 bits per heavy atom. The Hall–Kier alpha value is -5.21. The number of esters is 1. The molecule has 15 heteroatoms. The molecule has 4 aromatic rings. The van der Waals surface area contributed by atoms with Crippen molar-refractivity contribution in [1.82, 2.24) is 14.5 Å². The summed E-state index contributed by atoms with van der Waals surface area (Å²) < 4.78 is 101. The van der Waals surface area contributed by atoms with Crippen molar-refractivity contribution in [1.29, 1.82) is 0 Å². The van der Waals surface area contributed by atoms with E-state index in [4.69, 9.17) is 19.2 Å². The first-order valence-electron chi connectivity index (χ1n) is 17.0. The standard InChI is InChI=1S/C38H38F6N4O5/c1-7-52-35(49)33-20(2)32(21(3)46(33)5)23-9-11-30(51-6)28(17-23)27-10-12-31(47-13-8-14-47)45-29(27)19-48-22(4)34(53-36(48)50)24-15-25(37(39,40)41)18-26(16-24)38(42,43)44/h9-12,15-18,22,34H,7-8,13-14,19H2,1-6H3/t22-,34-/m0/s1. The van der Waals surface area contributed by atoms with Crippen LogP contribution in [0.4, 0.5) is 37.0 Å². The van der Waals surface area contributed by atoms with Gasteiger partial charge in [0.05, 0.1) is 43.1 Å².